The summed E-state index contributed by atoms with van der Waals surface area (Å²) in [6, 6.07) is 7.63. The number of benzene rings is 1. The van der Waals surface area contributed by atoms with Crippen molar-refractivity contribution >= 4 is 23.4 Å². The minimum Gasteiger partial charge on any atom is -0.345 e. The summed E-state index contributed by atoms with van der Waals surface area (Å²) in [5.41, 5.74) is 0.656. The smallest absolute Gasteiger partial charge is 0.246 e. The second-order valence-electron chi connectivity index (χ2n) is 5.75. The van der Waals surface area contributed by atoms with Crippen LogP contribution in [-0.4, -0.2) is 30.3 Å². The average molecular weight is 321 g/mol. The third-order valence-corrected chi connectivity index (χ3v) is 4.38. The van der Waals surface area contributed by atoms with E-state index in [1.54, 1.807) is 7.05 Å². The van der Waals surface area contributed by atoms with Gasteiger partial charge in [-0.15, -0.1) is 0 Å². The molecule has 1 aliphatic carbocycles. The molecule has 5 heteroatoms. The minimum atomic E-state index is -0.375. The molecule has 4 nitrogen and oxygen atoms in total. The molecule has 0 atom stereocenters. The van der Waals surface area contributed by atoms with Crippen molar-refractivity contribution < 1.29 is 9.59 Å². The molecule has 0 saturated heterocycles. The molecular formula is C17H21ClN2O2. The Morgan fingerprint density at radius 2 is 2.09 bits per heavy atom. The van der Waals surface area contributed by atoms with Gasteiger partial charge >= 0.3 is 0 Å². The molecule has 2 amide bonds. The van der Waals surface area contributed by atoms with Crippen LogP contribution in [0.2, 0.25) is 5.02 Å². The van der Waals surface area contributed by atoms with Gasteiger partial charge in [0.2, 0.25) is 11.8 Å². The number of hydrogen-bond donors (Lipinski definition) is 1. The number of likely N-dealkylation sites (N-methyl/N-ethyl adjacent to an activating group) is 1. The summed E-state index contributed by atoms with van der Waals surface area (Å²) < 4.78 is 0. The molecule has 1 saturated carbocycles. The van der Waals surface area contributed by atoms with Gasteiger partial charge in [-0.3, -0.25) is 9.59 Å². The fourth-order valence-electron chi connectivity index (χ4n) is 3.01. The zero-order valence-electron chi connectivity index (χ0n) is 12.8. The maximum atomic E-state index is 12.3. The second-order valence-corrected chi connectivity index (χ2v) is 6.18. The second kappa shape index (κ2) is 6.97. The first kappa shape index (κ1) is 16.6. The van der Waals surface area contributed by atoms with Crippen LogP contribution in [0.5, 0.6) is 0 Å². The largest absolute Gasteiger partial charge is 0.345 e. The third-order valence-electron chi connectivity index (χ3n) is 4.14. The van der Waals surface area contributed by atoms with E-state index in [0.717, 1.165) is 31.2 Å². The lowest BCUT2D eigenvalue weighted by molar-refractivity contribution is -0.132. The van der Waals surface area contributed by atoms with Crippen LogP contribution in [-0.2, 0) is 15.1 Å². The molecule has 0 unspecified atom stereocenters. The molecule has 0 aromatic heterocycles. The van der Waals surface area contributed by atoms with E-state index in [2.05, 4.69) is 11.9 Å². The van der Waals surface area contributed by atoms with E-state index in [1.807, 2.05) is 24.3 Å². The Balaban J connectivity index is 2.14. The Bertz CT molecular complexity index is 580. The zero-order valence-corrected chi connectivity index (χ0v) is 13.5. The Hall–Kier alpha value is -1.81. The van der Waals surface area contributed by atoms with E-state index < -0.39 is 0 Å². The van der Waals surface area contributed by atoms with Gasteiger partial charge in [-0.05, 0) is 36.6 Å². The summed E-state index contributed by atoms with van der Waals surface area (Å²) in [4.78, 5) is 25.2. The van der Waals surface area contributed by atoms with Crippen molar-refractivity contribution in [2.45, 2.75) is 31.2 Å². The van der Waals surface area contributed by atoms with Crippen molar-refractivity contribution in [2.75, 3.05) is 13.6 Å². The van der Waals surface area contributed by atoms with Crippen LogP contribution in [0.15, 0.2) is 36.9 Å². The topological polar surface area (TPSA) is 49.4 Å². The molecule has 0 bridgehead atoms. The van der Waals surface area contributed by atoms with Crippen molar-refractivity contribution in [1.82, 2.24) is 10.2 Å². The van der Waals surface area contributed by atoms with Gasteiger partial charge in [-0.1, -0.05) is 43.2 Å². The van der Waals surface area contributed by atoms with Gasteiger partial charge < -0.3 is 10.2 Å². The average Bonchev–Trinajstić information content (AvgIpc) is 2.95. The Morgan fingerprint density at radius 3 is 2.68 bits per heavy atom. The van der Waals surface area contributed by atoms with Crippen molar-refractivity contribution in [2.24, 2.45) is 0 Å². The predicted octanol–water partition coefficient (Wildman–Crippen LogP) is 2.87. The molecule has 1 aromatic rings. The molecule has 0 radical (unpaired) electrons. The van der Waals surface area contributed by atoms with Crippen molar-refractivity contribution in [3.63, 3.8) is 0 Å². The predicted molar refractivity (Wildman–Crippen MR) is 87.6 cm³/mol. The maximum absolute atomic E-state index is 12.3. The van der Waals surface area contributed by atoms with Gasteiger partial charge in [-0.2, -0.15) is 0 Å². The summed E-state index contributed by atoms with van der Waals surface area (Å²) in [5, 5.41) is 3.78. The highest BCUT2D eigenvalue weighted by molar-refractivity contribution is 6.30. The zero-order chi connectivity index (χ0) is 16.2. The van der Waals surface area contributed by atoms with Crippen LogP contribution in [0.1, 0.15) is 31.2 Å². The van der Waals surface area contributed by atoms with Gasteiger partial charge in [0.1, 0.15) is 0 Å². The Labute approximate surface area is 136 Å². The monoisotopic (exact) mass is 320 g/mol. The van der Waals surface area contributed by atoms with Crippen LogP contribution >= 0.6 is 11.6 Å². The number of rotatable bonds is 5. The van der Waals surface area contributed by atoms with E-state index >= 15 is 0 Å². The molecule has 1 aliphatic rings. The SMILES string of the molecule is C=CC(=O)N(C)CC(=O)NC1(c2cccc(Cl)c2)CCCC1. The first-order valence-corrected chi connectivity index (χ1v) is 7.79. The third kappa shape index (κ3) is 3.69. The highest BCUT2D eigenvalue weighted by Gasteiger charge is 2.37. The minimum absolute atomic E-state index is 0.0210. The lowest BCUT2D eigenvalue weighted by Crippen LogP contribution is -2.48. The number of halogens is 1. The molecule has 118 valence electrons. The molecule has 0 spiro atoms. The van der Waals surface area contributed by atoms with E-state index in [-0.39, 0.29) is 23.9 Å². The van der Waals surface area contributed by atoms with E-state index in [9.17, 15) is 9.59 Å². The molecule has 2 rings (SSSR count). The molecule has 1 aromatic carbocycles. The standard InChI is InChI=1S/C17H21ClN2O2/c1-3-16(22)20(2)12-15(21)19-17(9-4-5-10-17)13-7-6-8-14(18)11-13/h3,6-8,11H,1,4-5,9-10,12H2,2H3,(H,19,21). The van der Waals surface area contributed by atoms with Crippen LogP contribution in [0.4, 0.5) is 0 Å². The molecule has 1 fully saturated rings. The van der Waals surface area contributed by atoms with Gasteiger partial charge in [0.05, 0.1) is 12.1 Å². The fourth-order valence-corrected chi connectivity index (χ4v) is 3.20. The number of amides is 2. The van der Waals surface area contributed by atoms with Crippen molar-refractivity contribution in [3.8, 4) is 0 Å². The van der Waals surface area contributed by atoms with Gasteiger partial charge in [0, 0.05) is 12.1 Å². The first-order chi connectivity index (χ1) is 10.5. The van der Waals surface area contributed by atoms with Gasteiger partial charge in [-0.25, -0.2) is 0 Å². The molecule has 0 heterocycles. The van der Waals surface area contributed by atoms with Crippen LogP contribution in [0.25, 0.3) is 0 Å². The summed E-state index contributed by atoms with van der Waals surface area (Å²) in [6.07, 6.45) is 5.11. The van der Waals surface area contributed by atoms with E-state index in [4.69, 9.17) is 11.6 Å². The number of nitrogens with one attached hydrogen (secondary N) is 1. The molecular weight excluding hydrogens is 300 g/mol. The highest BCUT2D eigenvalue weighted by atomic mass is 35.5. The summed E-state index contributed by atoms with van der Waals surface area (Å²) in [5.74, 6) is -0.432. The summed E-state index contributed by atoms with van der Waals surface area (Å²) in [6.45, 7) is 3.45. The molecule has 0 aliphatic heterocycles. The van der Waals surface area contributed by atoms with Crippen molar-refractivity contribution in [1.29, 1.82) is 0 Å². The highest BCUT2D eigenvalue weighted by Crippen LogP contribution is 2.39. The summed E-state index contributed by atoms with van der Waals surface area (Å²) >= 11 is 6.09. The number of nitrogens with zero attached hydrogens (tertiary/aromatic N) is 1. The van der Waals surface area contributed by atoms with E-state index in [0.29, 0.717) is 5.02 Å². The first-order valence-electron chi connectivity index (χ1n) is 7.41. The fraction of sp³-hybridized carbons (Fsp3) is 0.412. The lowest BCUT2D eigenvalue weighted by Gasteiger charge is -2.32. The number of carbonyl (C=O) groups is 2. The molecule has 1 N–H and O–H groups in total. The van der Waals surface area contributed by atoms with Crippen LogP contribution in [0, 0.1) is 0 Å². The van der Waals surface area contributed by atoms with Crippen LogP contribution in [0.3, 0.4) is 0 Å². The quantitative estimate of drug-likeness (QED) is 0.848. The normalized spacial score (nSPS) is 16.1. The Morgan fingerprint density at radius 1 is 1.41 bits per heavy atom. The number of carbonyl (C=O) groups excluding carboxylic acids is 2. The molecule has 22 heavy (non-hydrogen) atoms. The van der Waals surface area contributed by atoms with Gasteiger partial charge in [0.25, 0.3) is 0 Å². The summed E-state index contributed by atoms with van der Waals surface area (Å²) in [7, 11) is 1.59. The lowest BCUT2D eigenvalue weighted by atomic mass is 9.88. The Kier molecular flexibility index (Phi) is 5.24. The van der Waals surface area contributed by atoms with E-state index in [1.165, 1.54) is 11.0 Å². The van der Waals surface area contributed by atoms with Gasteiger partial charge in [0.15, 0.2) is 0 Å². The number of hydrogen-bond acceptors (Lipinski definition) is 2. The maximum Gasteiger partial charge on any atom is 0.246 e. The van der Waals surface area contributed by atoms with Crippen LogP contribution < -0.4 is 5.32 Å². The van der Waals surface area contributed by atoms with Crippen molar-refractivity contribution in [3.05, 3.63) is 47.5 Å².